The fourth-order valence-electron chi connectivity index (χ4n) is 2.51. The highest BCUT2D eigenvalue weighted by molar-refractivity contribution is 4.77. The van der Waals surface area contributed by atoms with Gasteiger partial charge in [-0.3, -0.25) is 0 Å². The van der Waals surface area contributed by atoms with Gasteiger partial charge in [0, 0.05) is 32.2 Å². The third-order valence-electron chi connectivity index (χ3n) is 4.25. The van der Waals surface area contributed by atoms with Gasteiger partial charge in [-0.15, -0.1) is 0 Å². The topological polar surface area (TPSA) is 18.5 Å². The molecule has 0 bridgehead atoms. The molecule has 1 aliphatic heterocycles. The second-order valence-corrected chi connectivity index (χ2v) is 5.92. The van der Waals surface area contributed by atoms with E-state index in [4.69, 9.17) is 0 Å². The van der Waals surface area contributed by atoms with E-state index < -0.39 is 12.7 Å². The van der Waals surface area contributed by atoms with Crippen LogP contribution in [0.2, 0.25) is 0 Å². The minimum atomic E-state index is -4.13. The minimum Gasteiger partial charge on any atom is -0.306 e. The molecule has 0 aromatic rings. The maximum Gasteiger partial charge on any atom is 0.401 e. The summed E-state index contributed by atoms with van der Waals surface area (Å²) in [7, 11) is 2.10. The van der Waals surface area contributed by atoms with E-state index in [1.807, 2.05) is 13.8 Å². The summed E-state index contributed by atoms with van der Waals surface area (Å²) in [5.74, 6) is 0.268. The lowest BCUT2D eigenvalue weighted by Crippen LogP contribution is -2.47. The molecule has 1 heterocycles. The number of likely N-dealkylation sites (N-methyl/N-ethyl adjacent to an activating group) is 1. The molecule has 1 N–H and O–H groups in total. The first-order valence-corrected chi connectivity index (χ1v) is 7.53. The van der Waals surface area contributed by atoms with Crippen LogP contribution in [0.25, 0.3) is 0 Å². The molecule has 0 aromatic heterocycles. The van der Waals surface area contributed by atoms with Crippen LogP contribution >= 0.6 is 0 Å². The van der Waals surface area contributed by atoms with E-state index in [2.05, 4.69) is 22.2 Å². The first kappa shape index (κ1) is 17.7. The van der Waals surface area contributed by atoms with Crippen molar-refractivity contribution in [3.63, 3.8) is 0 Å². The van der Waals surface area contributed by atoms with E-state index in [-0.39, 0.29) is 12.0 Å². The van der Waals surface area contributed by atoms with Crippen molar-refractivity contribution in [2.75, 3.05) is 46.3 Å². The van der Waals surface area contributed by atoms with Crippen molar-refractivity contribution in [2.45, 2.75) is 38.9 Å². The number of halogens is 3. The second kappa shape index (κ2) is 8.20. The van der Waals surface area contributed by atoms with E-state index in [1.165, 1.54) is 0 Å². The van der Waals surface area contributed by atoms with Gasteiger partial charge in [0.05, 0.1) is 6.54 Å². The molecule has 1 unspecified atom stereocenters. The quantitative estimate of drug-likeness (QED) is 0.777. The maximum atomic E-state index is 12.3. The molecule has 1 aliphatic rings. The number of alkyl halides is 3. The van der Waals surface area contributed by atoms with Crippen LogP contribution in [-0.4, -0.2) is 68.3 Å². The van der Waals surface area contributed by atoms with Gasteiger partial charge in [0.2, 0.25) is 0 Å². The molecule has 0 spiro atoms. The van der Waals surface area contributed by atoms with Crippen molar-refractivity contribution in [3.05, 3.63) is 0 Å². The number of hydrogen-bond acceptors (Lipinski definition) is 3. The third-order valence-corrected chi connectivity index (χ3v) is 4.25. The Balaban J connectivity index is 2.36. The molecule has 120 valence electrons. The zero-order valence-corrected chi connectivity index (χ0v) is 12.8. The normalized spacial score (nSPS) is 21.9. The van der Waals surface area contributed by atoms with Crippen molar-refractivity contribution in [1.29, 1.82) is 0 Å². The number of nitrogens with zero attached hydrogens (tertiary/aromatic N) is 2. The van der Waals surface area contributed by atoms with E-state index in [0.717, 1.165) is 45.6 Å². The molecule has 0 aliphatic carbocycles. The van der Waals surface area contributed by atoms with Gasteiger partial charge in [-0.1, -0.05) is 20.3 Å². The summed E-state index contributed by atoms with van der Waals surface area (Å²) in [5, 5.41) is 2.70. The molecule has 3 nitrogen and oxygen atoms in total. The van der Waals surface area contributed by atoms with Gasteiger partial charge in [0.25, 0.3) is 0 Å². The van der Waals surface area contributed by atoms with Crippen LogP contribution in [0, 0.1) is 5.92 Å². The number of hydrogen-bond donors (Lipinski definition) is 1. The fraction of sp³-hybridized carbons (Fsp3) is 1.00. The minimum absolute atomic E-state index is 0.0544. The summed E-state index contributed by atoms with van der Waals surface area (Å²) < 4.78 is 37.0. The molecular weight excluding hydrogens is 267 g/mol. The zero-order chi connectivity index (χ0) is 15.2. The van der Waals surface area contributed by atoms with Crippen LogP contribution in [0.4, 0.5) is 13.2 Å². The Bertz CT molecular complexity index is 263. The number of nitrogens with one attached hydrogen (secondary N) is 1. The summed E-state index contributed by atoms with van der Waals surface area (Å²) in [5.41, 5.74) is 0. The Morgan fingerprint density at radius 2 is 1.75 bits per heavy atom. The van der Waals surface area contributed by atoms with Gasteiger partial charge in [-0.25, -0.2) is 0 Å². The monoisotopic (exact) mass is 295 g/mol. The molecule has 0 radical (unpaired) electrons. The molecule has 2 atom stereocenters. The van der Waals surface area contributed by atoms with E-state index in [0.29, 0.717) is 0 Å². The second-order valence-electron chi connectivity index (χ2n) is 5.92. The molecule has 20 heavy (non-hydrogen) atoms. The third kappa shape index (κ3) is 6.90. The Morgan fingerprint density at radius 3 is 2.25 bits per heavy atom. The van der Waals surface area contributed by atoms with Crippen LogP contribution in [0.1, 0.15) is 26.7 Å². The summed E-state index contributed by atoms with van der Waals surface area (Å²) in [6.07, 6.45) is -2.44. The van der Waals surface area contributed by atoms with Crippen molar-refractivity contribution in [3.8, 4) is 0 Å². The van der Waals surface area contributed by atoms with Crippen LogP contribution in [-0.2, 0) is 0 Å². The van der Waals surface area contributed by atoms with Gasteiger partial charge >= 0.3 is 6.18 Å². The van der Waals surface area contributed by atoms with Crippen LogP contribution < -0.4 is 5.32 Å². The molecule has 0 saturated carbocycles. The highest BCUT2D eigenvalue weighted by Gasteiger charge is 2.29. The molecule has 6 heteroatoms. The van der Waals surface area contributed by atoms with Gasteiger partial charge in [0.15, 0.2) is 0 Å². The molecule has 0 amide bonds. The van der Waals surface area contributed by atoms with Gasteiger partial charge in [-0.05, 0) is 25.9 Å². The zero-order valence-electron chi connectivity index (χ0n) is 12.8. The summed E-state index contributed by atoms with van der Waals surface area (Å²) in [6, 6.07) is -0.0544. The maximum absolute atomic E-state index is 12.3. The lowest BCUT2D eigenvalue weighted by molar-refractivity contribution is -0.127. The van der Waals surface area contributed by atoms with E-state index in [1.54, 1.807) is 0 Å². The van der Waals surface area contributed by atoms with Crippen molar-refractivity contribution >= 4 is 0 Å². The Kier molecular flexibility index (Phi) is 7.26. The van der Waals surface area contributed by atoms with Gasteiger partial charge in [-0.2, -0.15) is 13.2 Å². The average molecular weight is 295 g/mol. The lowest BCUT2D eigenvalue weighted by Gasteiger charge is -2.34. The molecule has 0 aromatic carbocycles. The first-order chi connectivity index (χ1) is 9.31. The van der Waals surface area contributed by atoms with Gasteiger partial charge in [0.1, 0.15) is 0 Å². The smallest absolute Gasteiger partial charge is 0.306 e. The largest absolute Gasteiger partial charge is 0.401 e. The molecular formula is C14H28F3N3. The highest BCUT2D eigenvalue weighted by atomic mass is 19.4. The lowest BCUT2D eigenvalue weighted by atomic mass is 9.96. The summed E-state index contributed by atoms with van der Waals surface area (Å²) in [4.78, 5) is 4.63. The molecule has 1 saturated heterocycles. The summed E-state index contributed by atoms with van der Waals surface area (Å²) >= 11 is 0. The predicted octanol–water partition coefficient (Wildman–Crippen LogP) is 2.19. The highest BCUT2D eigenvalue weighted by Crippen LogP contribution is 2.17. The van der Waals surface area contributed by atoms with Crippen LogP contribution in [0.15, 0.2) is 0 Å². The van der Waals surface area contributed by atoms with Crippen LogP contribution in [0.3, 0.4) is 0 Å². The molecule has 1 rings (SSSR count). The Labute approximate surface area is 120 Å². The Morgan fingerprint density at radius 1 is 1.15 bits per heavy atom. The van der Waals surface area contributed by atoms with Crippen molar-refractivity contribution in [1.82, 2.24) is 15.1 Å². The Hall–Kier alpha value is -0.330. The first-order valence-electron chi connectivity index (χ1n) is 7.53. The van der Waals surface area contributed by atoms with Crippen molar-refractivity contribution < 1.29 is 13.2 Å². The predicted molar refractivity (Wildman–Crippen MR) is 75.9 cm³/mol. The fourth-order valence-corrected chi connectivity index (χ4v) is 2.51. The van der Waals surface area contributed by atoms with Gasteiger partial charge < -0.3 is 15.1 Å². The average Bonchev–Trinajstić information content (AvgIpc) is 2.39. The van der Waals surface area contributed by atoms with Crippen LogP contribution in [0.5, 0.6) is 0 Å². The molecule has 1 fully saturated rings. The summed E-state index contributed by atoms with van der Waals surface area (Å²) in [6.45, 7) is 8.18. The SMILES string of the molecule is CC[C@@H](C)C(CCN1CCN(C)CC1)NCC(F)(F)F. The van der Waals surface area contributed by atoms with E-state index >= 15 is 0 Å². The van der Waals surface area contributed by atoms with Crippen molar-refractivity contribution in [2.24, 2.45) is 5.92 Å². The number of piperazine rings is 1. The standard InChI is InChI=1S/C14H28F3N3/c1-4-12(2)13(18-11-14(15,16)17)5-6-20-9-7-19(3)8-10-20/h12-13,18H,4-11H2,1-3H3/t12-,13?/m1/s1. The number of rotatable bonds is 7. The van der Waals surface area contributed by atoms with E-state index in [9.17, 15) is 13.2 Å².